The number of aromatic carboxylic acids is 1. The first-order valence-electron chi connectivity index (χ1n) is 18.0. The zero-order chi connectivity index (χ0) is 43.9. The zero-order valence-corrected chi connectivity index (χ0v) is 34.8. The zero-order valence-electron chi connectivity index (χ0n) is 31.5. The number of carboxylic acid groups (broad SMARTS) is 1. The summed E-state index contributed by atoms with van der Waals surface area (Å²) in [6, 6.07) is 22.3. The molecule has 326 valence electrons. The highest BCUT2D eigenvalue weighted by molar-refractivity contribution is 7.98. The number of carbonyl (C=O) groups is 3. The Balaban J connectivity index is 0.000000220. The minimum absolute atomic E-state index is 0.109. The smallest absolute Gasteiger partial charge is 0.439 e. The number of rotatable bonds is 12. The van der Waals surface area contributed by atoms with Crippen LogP contribution in [0.4, 0.5) is 26.3 Å². The molecule has 59 heavy (non-hydrogen) atoms. The molecular weight excluding hydrogens is 873 g/mol. The van der Waals surface area contributed by atoms with Gasteiger partial charge in [0.1, 0.15) is 23.0 Å². The average Bonchev–Trinajstić information content (AvgIpc) is 3.94. The van der Waals surface area contributed by atoms with Gasteiger partial charge in [-0.15, -0.1) is 0 Å². The second-order valence-corrected chi connectivity index (χ2v) is 21.2. The van der Waals surface area contributed by atoms with Crippen molar-refractivity contribution < 1.29 is 67.2 Å². The van der Waals surface area contributed by atoms with Crippen LogP contribution in [0, 0.1) is 0 Å². The predicted molar refractivity (Wildman–Crippen MR) is 212 cm³/mol. The Kier molecular flexibility index (Phi) is 18.9. The molecule has 4 heterocycles. The number of benzene rings is 2. The lowest BCUT2D eigenvalue weighted by Gasteiger charge is -2.35. The molecule has 3 saturated heterocycles. The molecule has 0 spiro atoms. The molecule has 0 saturated carbocycles. The lowest BCUT2D eigenvalue weighted by atomic mass is 10.2. The summed E-state index contributed by atoms with van der Waals surface area (Å²) in [7, 11) is -12.5. The summed E-state index contributed by atoms with van der Waals surface area (Å²) >= 11 is 0. The van der Waals surface area contributed by atoms with E-state index in [2.05, 4.69) is 10.3 Å². The van der Waals surface area contributed by atoms with Crippen LogP contribution in [0.1, 0.15) is 56.8 Å². The Morgan fingerprint density at radius 2 is 1.08 bits per heavy atom. The highest BCUT2D eigenvalue weighted by Crippen LogP contribution is 2.51. The van der Waals surface area contributed by atoms with Gasteiger partial charge in [-0.1, -0.05) is 66.7 Å². The number of carbonyl (C=O) groups excluding carboxylic acids is 3. The normalized spacial score (nSPS) is 17.0. The molecule has 3 aliphatic heterocycles. The number of ketones is 2. The van der Waals surface area contributed by atoms with Crippen molar-refractivity contribution >= 4 is 59.5 Å². The van der Waals surface area contributed by atoms with E-state index in [0.717, 1.165) is 22.6 Å². The predicted octanol–water partition coefficient (Wildman–Crippen LogP) is 3.94. The van der Waals surface area contributed by atoms with E-state index in [0.29, 0.717) is 33.4 Å². The van der Waals surface area contributed by atoms with Crippen LogP contribution in [0.2, 0.25) is 0 Å². The van der Waals surface area contributed by atoms with Gasteiger partial charge < -0.3 is 15.2 Å². The maximum absolute atomic E-state index is 13.5. The van der Waals surface area contributed by atoms with Crippen LogP contribution >= 0.6 is 0 Å². The molecule has 12 nitrogen and oxygen atoms in total. The van der Waals surface area contributed by atoms with E-state index in [4.69, 9.17) is 4.55 Å². The Labute approximate surface area is 344 Å². The lowest BCUT2D eigenvalue weighted by Crippen LogP contribution is -2.64. The summed E-state index contributed by atoms with van der Waals surface area (Å²) in [5.74, 6) is -0.755. The minimum atomic E-state index is -6.99. The third-order valence-corrected chi connectivity index (χ3v) is 16.4. The highest BCUT2D eigenvalue weighted by Gasteiger charge is 2.82. The third-order valence-electron chi connectivity index (χ3n) is 8.79. The molecule has 0 atom stereocenters. The Morgan fingerprint density at radius 1 is 0.678 bits per heavy atom. The molecule has 3 aliphatic rings. The number of hydrogen-bond donors (Lipinski definition) is 2. The fourth-order valence-corrected chi connectivity index (χ4v) is 12.0. The van der Waals surface area contributed by atoms with E-state index in [1.54, 1.807) is 6.07 Å². The van der Waals surface area contributed by atoms with Crippen LogP contribution in [0.5, 0.6) is 0 Å². The summed E-state index contributed by atoms with van der Waals surface area (Å²) in [6.45, 7) is -1.80. The number of piperazine rings is 1. The van der Waals surface area contributed by atoms with Gasteiger partial charge >= 0.3 is 26.5 Å². The van der Waals surface area contributed by atoms with Crippen molar-refractivity contribution in [3.63, 3.8) is 0 Å². The van der Waals surface area contributed by atoms with Crippen molar-refractivity contribution in [1.82, 2.24) is 14.6 Å². The quantitative estimate of drug-likeness (QED) is 0.116. The van der Waals surface area contributed by atoms with E-state index in [1.165, 1.54) is 67.2 Å². The SMILES string of the molecule is O=C(C[S+]1CCCC1)c1ccccc1.O=C(C[S+]1CCCC1)c1ccccc1.O=C([O-])c1cccnc1.O=S(=O)(O)C(F)(F)C(F)(F)C(F)(F)S(=O)(=O)N1CCNCC1. The van der Waals surface area contributed by atoms with Crippen molar-refractivity contribution in [3.8, 4) is 0 Å². The number of sulfonamides is 1. The molecule has 0 amide bonds. The fourth-order valence-electron chi connectivity index (χ4n) is 5.53. The monoisotopic (exact) mass is 916 g/mol. The summed E-state index contributed by atoms with van der Waals surface area (Å²) in [5.41, 5.74) is 1.87. The first kappa shape index (κ1) is 49.8. The number of pyridine rings is 1. The molecule has 0 bridgehead atoms. The molecule has 3 fully saturated rings. The van der Waals surface area contributed by atoms with Gasteiger partial charge in [-0.25, -0.2) is 8.42 Å². The molecular formula is C37H44F6N3O9S4+. The molecule has 1 aromatic heterocycles. The van der Waals surface area contributed by atoms with Crippen LogP contribution in [-0.2, 0) is 41.9 Å². The van der Waals surface area contributed by atoms with E-state index >= 15 is 0 Å². The highest BCUT2D eigenvalue weighted by atomic mass is 32.2. The van der Waals surface area contributed by atoms with Gasteiger partial charge in [0.05, 0.1) is 5.97 Å². The molecule has 2 aromatic carbocycles. The number of halogens is 6. The number of nitrogens with one attached hydrogen (secondary N) is 1. The van der Waals surface area contributed by atoms with Gasteiger partial charge in [0, 0.05) is 55.3 Å². The molecule has 6 rings (SSSR count). The van der Waals surface area contributed by atoms with Crippen LogP contribution in [0.15, 0.2) is 85.2 Å². The summed E-state index contributed by atoms with van der Waals surface area (Å²) < 4.78 is 131. The van der Waals surface area contributed by atoms with Gasteiger partial charge in [-0.3, -0.25) is 19.1 Å². The molecule has 0 aliphatic carbocycles. The molecule has 2 N–H and O–H groups in total. The van der Waals surface area contributed by atoms with E-state index < -0.39 is 55.6 Å². The van der Waals surface area contributed by atoms with Crippen LogP contribution in [0.25, 0.3) is 0 Å². The summed E-state index contributed by atoms with van der Waals surface area (Å²) in [6.07, 6.45) is 8.05. The van der Waals surface area contributed by atoms with Crippen molar-refractivity contribution in [2.75, 3.05) is 60.7 Å². The molecule has 3 aromatic rings. The first-order valence-corrected chi connectivity index (χ1v) is 24.3. The van der Waals surface area contributed by atoms with Crippen molar-refractivity contribution in [3.05, 3.63) is 102 Å². The average molecular weight is 917 g/mol. The summed E-state index contributed by atoms with van der Waals surface area (Å²) in [5, 5.41) is -0.607. The second kappa shape index (κ2) is 22.3. The Bertz CT molecular complexity index is 1960. The Hall–Kier alpha value is -3.54. The van der Waals surface area contributed by atoms with E-state index in [1.807, 2.05) is 60.7 Å². The van der Waals surface area contributed by atoms with Gasteiger partial charge in [0.15, 0.2) is 11.5 Å². The largest absolute Gasteiger partial charge is 0.545 e. The Morgan fingerprint density at radius 3 is 1.42 bits per heavy atom. The van der Waals surface area contributed by atoms with Crippen molar-refractivity contribution in [1.29, 1.82) is 0 Å². The van der Waals surface area contributed by atoms with Gasteiger partial charge in [-0.2, -0.15) is 39.1 Å². The number of carboxylic acids is 1. The number of nitrogens with zero attached hydrogens (tertiary/aromatic N) is 2. The van der Waals surface area contributed by atoms with Crippen molar-refractivity contribution in [2.24, 2.45) is 0 Å². The van der Waals surface area contributed by atoms with E-state index in [-0.39, 0.29) is 23.0 Å². The van der Waals surface area contributed by atoms with Gasteiger partial charge in [-0.05, 0) is 53.5 Å². The second-order valence-electron chi connectivity index (χ2n) is 13.1. The van der Waals surface area contributed by atoms with Gasteiger partial charge in [0.25, 0.3) is 10.0 Å². The van der Waals surface area contributed by atoms with Gasteiger partial charge in [0.2, 0.25) is 11.6 Å². The number of alkyl halides is 6. The minimum Gasteiger partial charge on any atom is -0.545 e. The number of hydrogen-bond acceptors (Lipinski definition) is 10. The van der Waals surface area contributed by atoms with Crippen LogP contribution in [-0.4, -0.2) is 125 Å². The standard InChI is InChI=1S/2C12H15OS.C7H10F6N2O5S2.C6H5NO2/c2*13-12(10-14-8-4-5-9-14)11-6-2-1-3-7-11;8-5(9,7(12,13)22(18,19)20)6(10,11)21(16,17)15-3-1-14-2-4-15;8-6(9)5-2-1-3-7-4-5/h2*1-3,6-7H,4-5,8-10H2;14H,1-4H2,(H,18,19,20);1-4H,(H,8,9)/q2*+1;;/p-1. The number of Topliss-reactive ketones (excluding diaryl/α,β-unsaturated/α-hetero) is 2. The fraction of sp³-hybridized carbons (Fsp3) is 0.459. The molecule has 0 unspecified atom stereocenters. The third kappa shape index (κ3) is 13.7. The van der Waals surface area contributed by atoms with Crippen LogP contribution in [0.3, 0.4) is 0 Å². The topological polar surface area (TPSA) is 191 Å². The summed E-state index contributed by atoms with van der Waals surface area (Å²) in [4.78, 5) is 37.3. The van der Waals surface area contributed by atoms with Crippen molar-refractivity contribution in [2.45, 2.75) is 42.1 Å². The molecule has 0 radical (unpaired) electrons. The molecule has 22 heteroatoms. The number of aromatic nitrogens is 1. The maximum Gasteiger partial charge on any atom is 0.439 e. The first-order chi connectivity index (χ1) is 27.6. The van der Waals surface area contributed by atoms with Crippen LogP contribution < -0.4 is 10.4 Å². The lowest BCUT2D eigenvalue weighted by molar-refractivity contribution is -0.255. The van der Waals surface area contributed by atoms with E-state index in [9.17, 15) is 62.7 Å². The maximum atomic E-state index is 13.5.